The monoisotopic (exact) mass is 167 g/mol. The summed E-state index contributed by atoms with van der Waals surface area (Å²) < 4.78 is 0. The van der Waals surface area contributed by atoms with Gasteiger partial charge in [-0.1, -0.05) is 27.7 Å². The third-order valence-corrected chi connectivity index (χ3v) is 2.42. The predicted molar refractivity (Wildman–Crippen MR) is 48.5 cm³/mol. The average molecular weight is 167 g/mol. The van der Waals surface area contributed by atoms with Gasteiger partial charge in [-0.15, -0.1) is 0 Å². The van der Waals surface area contributed by atoms with E-state index >= 15 is 0 Å². The SMILES string of the molecule is CCC(C#N)(CC)C(=O)C(C)C. The molecule has 0 aliphatic rings. The lowest BCUT2D eigenvalue weighted by molar-refractivity contribution is -0.129. The van der Waals surface area contributed by atoms with Crippen LogP contribution in [0.3, 0.4) is 0 Å². The summed E-state index contributed by atoms with van der Waals surface area (Å²) in [6, 6.07) is 2.15. The zero-order valence-electron chi connectivity index (χ0n) is 8.35. The van der Waals surface area contributed by atoms with Crippen LogP contribution in [0.25, 0.3) is 0 Å². The van der Waals surface area contributed by atoms with Crippen molar-refractivity contribution < 1.29 is 4.79 Å². The van der Waals surface area contributed by atoms with E-state index in [0.29, 0.717) is 12.8 Å². The second kappa shape index (κ2) is 4.25. The van der Waals surface area contributed by atoms with Crippen LogP contribution in [-0.2, 0) is 4.79 Å². The molecule has 0 unspecified atom stereocenters. The van der Waals surface area contributed by atoms with E-state index in [1.54, 1.807) is 0 Å². The minimum atomic E-state index is -0.728. The Kier molecular flexibility index (Phi) is 3.95. The molecule has 2 nitrogen and oxygen atoms in total. The Morgan fingerprint density at radius 1 is 1.42 bits per heavy atom. The molecule has 0 spiro atoms. The molecule has 0 radical (unpaired) electrons. The van der Waals surface area contributed by atoms with Crippen molar-refractivity contribution in [3.05, 3.63) is 0 Å². The number of carbonyl (C=O) groups excluding carboxylic acids is 1. The lowest BCUT2D eigenvalue weighted by atomic mass is 9.76. The number of Topliss-reactive ketones (excluding diaryl/α,β-unsaturated/α-hetero) is 1. The van der Waals surface area contributed by atoms with Crippen LogP contribution in [-0.4, -0.2) is 5.78 Å². The van der Waals surface area contributed by atoms with Crippen LogP contribution in [0.4, 0.5) is 0 Å². The van der Waals surface area contributed by atoms with Crippen LogP contribution in [0.15, 0.2) is 0 Å². The molecule has 0 rings (SSSR count). The quantitative estimate of drug-likeness (QED) is 0.645. The number of nitrogens with zero attached hydrogens (tertiary/aromatic N) is 1. The van der Waals surface area contributed by atoms with Gasteiger partial charge in [0.05, 0.1) is 6.07 Å². The molecule has 0 N–H and O–H groups in total. The van der Waals surface area contributed by atoms with E-state index in [4.69, 9.17) is 5.26 Å². The minimum Gasteiger partial charge on any atom is -0.298 e. The van der Waals surface area contributed by atoms with Gasteiger partial charge in [0.1, 0.15) is 5.41 Å². The first-order valence-electron chi connectivity index (χ1n) is 4.49. The summed E-state index contributed by atoms with van der Waals surface area (Å²) in [6.07, 6.45) is 1.24. The Bertz CT molecular complexity index is 196. The van der Waals surface area contributed by atoms with Crippen molar-refractivity contribution in [2.75, 3.05) is 0 Å². The van der Waals surface area contributed by atoms with Gasteiger partial charge in [0, 0.05) is 5.92 Å². The van der Waals surface area contributed by atoms with E-state index < -0.39 is 5.41 Å². The maximum atomic E-state index is 11.6. The van der Waals surface area contributed by atoms with Crippen LogP contribution < -0.4 is 0 Å². The third kappa shape index (κ3) is 1.85. The van der Waals surface area contributed by atoms with Crippen molar-refractivity contribution in [1.29, 1.82) is 5.26 Å². The zero-order chi connectivity index (χ0) is 9.78. The van der Waals surface area contributed by atoms with Gasteiger partial charge >= 0.3 is 0 Å². The van der Waals surface area contributed by atoms with Crippen LogP contribution in [0.2, 0.25) is 0 Å². The molecule has 2 heteroatoms. The molecule has 0 atom stereocenters. The molecule has 0 heterocycles. The standard InChI is InChI=1S/C10H17NO/c1-5-10(6-2,7-11)9(12)8(3)4/h8H,5-6H2,1-4H3. The molecule has 0 aliphatic heterocycles. The summed E-state index contributed by atoms with van der Waals surface area (Å²) in [5.41, 5.74) is -0.728. The van der Waals surface area contributed by atoms with Crippen molar-refractivity contribution in [2.45, 2.75) is 40.5 Å². The molecular weight excluding hydrogens is 150 g/mol. The molecule has 0 aromatic rings. The number of hydrogen-bond acceptors (Lipinski definition) is 2. The van der Waals surface area contributed by atoms with Crippen molar-refractivity contribution in [3.63, 3.8) is 0 Å². The van der Waals surface area contributed by atoms with Gasteiger partial charge in [-0.3, -0.25) is 4.79 Å². The fourth-order valence-corrected chi connectivity index (χ4v) is 1.36. The van der Waals surface area contributed by atoms with Crippen LogP contribution >= 0.6 is 0 Å². The van der Waals surface area contributed by atoms with Gasteiger partial charge in [0.2, 0.25) is 0 Å². The summed E-state index contributed by atoms with van der Waals surface area (Å²) >= 11 is 0. The third-order valence-electron chi connectivity index (χ3n) is 2.42. The molecular formula is C10H17NO. The van der Waals surface area contributed by atoms with E-state index in [2.05, 4.69) is 6.07 Å². The molecule has 0 aliphatic carbocycles. The molecule has 0 aromatic heterocycles. The lowest BCUT2D eigenvalue weighted by Gasteiger charge is -2.23. The van der Waals surface area contributed by atoms with Crippen molar-refractivity contribution in [3.8, 4) is 6.07 Å². The predicted octanol–water partition coefficient (Wildman–Crippen LogP) is 2.54. The van der Waals surface area contributed by atoms with E-state index in [1.165, 1.54) is 0 Å². The number of rotatable bonds is 4. The first-order valence-corrected chi connectivity index (χ1v) is 4.49. The van der Waals surface area contributed by atoms with Crippen molar-refractivity contribution >= 4 is 5.78 Å². The number of ketones is 1. The van der Waals surface area contributed by atoms with Gasteiger partial charge in [-0.2, -0.15) is 5.26 Å². The van der Waals surface area contributed by atoms with Crippen molar-refractivity contribution in [2.24, 2.45) is 11.3 Å². The summed E-state index contributed by atoms with van der Waals surface area (Å²) in [6.45, 7) is 7.49. The first kappa shape index (κ1) is 11.2. The maximum Gasteiger partial charge on any atom is 0.155 e. The van der Waals surface area contributed by atoms with Gasteiger partial charge in [0.25, 0.3) is 0 Å². The number of carbonyl (C=O) groups is 1. The van der Waals surface area contributed by atoms with Crippen LogP contribution in [0, 0.1) is 22.7 Å². The molecule has 0 amide bonds. The van der Waals surface area contributed by atoms with Gasteiger partial charge in [-0.25, -0.2) is 0 Å². The normalized spacial score (nSPS) is 11.3. The first-order chi connectivity index (χ1) is 5.54. The van der Waals surface area contributed by atoms with E-state index in [9.17, 15) is 4.79 Å². The molecule has 0 saturated carbocycles. The van der Waals surface area contributed by atoms with E-state index in [0.717, 1.165) is 0 Å². The van der Waals surface area contributed by atoms with Gasteiger partial charge in [-0.05, 0) is 12.8 Å². The fourth-order valence-electron chi connectivity index (χ4n) is 1.36. The molecule has 0 aromatic carbocycles. The van der Waals surface area contributed by atoms with Gasteiger partial charge in [0.15, 0.2) is 5.78 Å². The topological polar surface area (TPSA) is 40.9 Å². The number of nitriles is 1. The molecule has 12 heavy (non-hydrogen) atoms. The Morgan fingerprint density at radius 2 is 1.83 bits per heavy atom. The summed E-state index contributed by atoms with van der Waals surface area (Å²) in [4.78, 5) is 11.6. The number of hydrogen-bond donors (Lipinski definition) is 0. The van der Waals surface area contributed by atoms with E-state index in [1.807, 2.05) is 27.7 Å². The molecule has 68 valence electrons. The second-order valence-corrected chi connectivity index (χ2v) is 3.42. The highest BCUT2D eigenvalue weighted by molar-refractivity contribution is 5.88. The van der Waals surface area contributed by atoms with Crippen LogP contribution in [0.1, 0.15) is 40.5 Å². The lowest BCUT2D eigenvalue weighted by Crippen LogP contribution is -2.31. The highest BCUT2D eigenvalue weighted by Gasteiger charge is 2.35. The Labute approximate surface area is 74.6 Å². The molecule has 0 fully saturated rings. The molecule has 0 bridgehead atoms. The summed E-state index contributed by atoms with van der Waals surface area (Å²) in [5, 5.41) is 8.93. The Hall–Kier alpha value is -0.840. The maximum absolute atomic E-state index is 11.6. The van der Waals surface area contributed by atoms with E-state index in [-0.39, 0.29) is 11.7 Å². The highest BCUT2D eigenvalue weighted by atomic mass is 16.1. The zero-order valence-corrected chi connectivity index (χ0v) is 8.35. The Balaban J connectivity index is 4.75. The summed E-state index contributed by atoms with van der Waals surface area (Å²) in [5.74, 6) is 0.0412. The molecule has 0 saturated heterocycles. The van der Waals surface area contributed by atoms with Gasteiger partial charge < -0.3 is 0 Å². The minimum absolute atomic E-state index is 0.0375. The smallest absolute Gasteiger partial charge is 0.155 e. The Morgan fingerprint density at radius 3 is 1.92 bits per heavy atom. The van der Waals surface area contributed by atoms with Crippen molar-refractivity contribution in [1.82, 2.24) is 0 Å². The second-order valence-electron chi connectivity index (χ2n) is 3.42. The summed E-state index contributed by atoms with van der Waals surface area (Å²) in [7, 11) is 0. The average Bonchev–Trinajstić information content (AvgIpc) is 2.08. The largest absolute Gasteiger partial charge is 0.298 e. The van der Waals surface area contributed by atoms with Crippen LogP contribution in [0.5, 0.6) is 0 Å². The highest BCUT2D eigenvalue weighted by Crippen LogP contribution is 2.29. The fraction of sp³-hybridized carbons (Fsp3) is 0.800.